The van der Waals surface area contributed by atoms with E-state index in [4.69, 9.17) is 9.72 Å². The maximum Gasteiger partial charge on any atom is 0.332 e. The first-order valence-corrected chi connectivity index (χ1v) is 11.2. The summed E-state index contributed by atoms with van der Waals surface area (Å²) in [6.45, 7) is 6.73. The molecule has 0 spiro atoms. The number of benzene rings is 1. The lowest BCUT2D eigenvalue weighted by Gasteiger charge is -2.29. The lowest BCUT2D eigenvalue weighted by atomic mass is 10.1. The topological polar surface area (TPSA) is 74.3 Å². The number of hydrogen-bond acceptors (Lipinski definition) is 5. The van der Waals surface area contributed by atoms with Gasteiger partial charge in [-0.2, -0.15) is 4.98 Å². The lowest BCUT2D eigenvalue weighted by molar-refractivity contribution is 0.137. The van der Waals surface area contributed by atoms with Gasteiger partial charge < -0.3 is 14.2 Å². The third-order valence-electron chi connectivity index (χ3n) is 5.95. The molecule has 4 rings (SSSR count). The highest BCUT2D eigenvalue weighted by molar-refractivity contribution is 5.77. The van der Waals surface area contributed by atoms with Gasteiger partial charge in [-0.1, -0.05) is 25.5 Å². The van der Waals surface area contributed by atoms with Gasteiger partial charge in [-0.05, 0) is 43.9 Å². The molecular weight excluding hydrogens is 394 g/mol. The number of hydrogen-bond donors (Lipinski definition) is 0. The third-order valence-corrected chi connectivity index (χ3v) is 5.95. The quantitative estimate of drug-likeness (QED) is 0.519. The molecule has 1 aliphatic rings. The van der Waals surface area contributed by atoms with Crippen molar-refractivity contribution in [3.05, 3.63) is 50.7 Å². The molecule has 1 aliphatic heterocycles. The highest BCUT2D eigenvalue weighted by Gasteiger charge is 2.26. The van der Waals surface area contributed by atoms with Gasteiger partial charge >= 0.3 is 5.69 Å². The third kappa shape index (κ3) is 3.92. The number of fused-ring (bicyclic) bond motifs is 3. The summed E-state index contributed by atoms with van der Waals surface area (Å²) in [7, 11) is 1.67. The number of imidazole rings is 1. The predicted octanol–water partition coefficient (Wildman–Crippen LogP) is 2.82. The smallest absolute Gasteiger partial charge is 0.332 e. The zero-order valence-electron chi connectivity index (χ0n) is 18.6. The molecule has 0 saturated heterocycles. The zero-order valence-corrected chi connectivity index (χ0v) is 18.6. The van der Waals surface area contributed by atoms with Crippen LogP contribution in [-0.2, 0) is 31.3 Å². The average molecular weight is 426 g/mol. The zero-order chi connectivity index (χ0) is 22.0. The second kappa shape index (κ2) is 9.09. The van der Waals surface area contributed by atoms with Gasteiger partial charge in [0.2, 0.25) is 5.95 Å². The van der Waals surface area contributed by atoms with Gasteiger partial charge in [-0.25, -0.2) is 4.79 Å². The molecule has 8 heteroatoms. The van der Waals surface area contributed by atoms with Crippen molar-refractivity contribution in [3.8, 4) is 0 Å². The van der Waals surface area contributed by atoms with Crippen molar-refractivity contribution in [2.75, 3.05) is 24.7 Å². The largest absolute Gasteiger partial charge is 0.380 e. The Labute approximate surface area is 181 Å². The maximum atomic E-state index is 13.2. The van der Waals surface area contributed by atoms with Gasteiger partial charge in [-0.15, -0.1) is 0 Å². The number of aromatic nitrogens is 4. The minimum absolute atomic E-state index is 0.235. The van der Waals surface area contributed by atoms with Gasteiger partial charge in [0.25, 0.3) is 5.56 Å². The fourth-order valence-corrected chi connectivity index (χ4v) is 4.23. The van der Waals surface area contributed by atoms with Gasteiger partial charge in [-0.3, -0.25) is 13.9 Å². The number of nitrogens with zero attached hydrogens (tertiary/aromatic N) is 5. The number of unbranched alkanes of at least 4 members (excludes halogenated alkanes) is 1. The molecule has 0 fully saturated rings. The molecule has 2 aromatic heterocycles. The van der Waals surface area contributed by atoms with Crippen LogP contribution in [0.5, 0.6) is 0 Å². The first-order chi connectivity index (χ1) is 15.1. The van der Waals surface area contributed by atoms with Crippen LogP contribution < -0.4 is 16.1 Å². The van der Waals surface area contributed by atoms with Crippen molar-refractivity contribution in [2.24, 2.45) is 7.05 Å². The Bertz CT molecular complexity index is 1170. The van der Waals surface area contributed by atoms with E-state index >= 15 is 0 Å². The van der Waals surface area contributed by atoms with Crippen molar-refractivity contribution in [1.29, 1.82) is 0 Å². The van der Waals surface area contributed by atoms with Crippen molar-refractivity contribution >= 4 is 22.8 Å². The Morgan fingerprint density at radius 3 is 2.58 bits per heavy atom. The summed E-state index contributed by atoms with van der Waals surface area (Å²) in [6, 6.07) is 8.59. The van der Waals surface area contributed by atoms with E-state index in [-0.39, 0.29) is 17.8 Å². The molecule has 8 nitrogen and oxygen atoms in total. The molecule has 166 valence electrons. The SMILES string of the molecule is CCCCc1ccc(N2CCCn3c2nc2c3c(=O)n(CCOCC)c(=O)n2C)cc1. The molecule has 31 heavy (non-hydrogen) atoms. The van der Waals surface area contributed by atoms with Gasteiger partial charge in [0, 0.05) is 32.4 Å². The van der Waals surface area contributed by atoms with Crippen LogP contribution in [0.25, 0.3) is 11.2 Å². The van der Waals surface area contributed by atoms with Crippen LogP contribution in [0.1, 0.15) is 38.7 Å². The van der Waals surface area contributed by atoms with Crippen LogP contribution in [-0.4, -0.2) is 38.4 Å². The molecule has 0 unspecified atom stereocenters. The average Bonchev–Trinajstić information content (AvgIpc) is 3.19. The number of ether oxygens (including phenoxy) is 1. The number of rotatable bonds is 8. The predicted molar refractivity (Wildman–Crippen MR) is 122 cm³/mol. The van der Waals surface area contributed by atoms with Gasteiger partial charge in [0.15, 0.2) is 11.2 Å². The summed E-state index contributed by atoms with van der Waals surface area (Å²) >= 11 is 0. The van der Waals surface area contributed by atoms with Crippen molar-refractivity contribution in [3.63, 3.8) is 0 Å². The van der Waals surface area contributed by atoms with Gasteiger partial charge in [0.1, 0.15) is 0 Å². The molecule has 0 amide bonds. The second-order valence-electron chi connectivity index (χ2n) is 8.01. The van der Waals surface area contributed by atoms with Crippen LogP contribution in [0, 0.1) is 0 Å². The molecular formula is C23H31N5O3. The normalized spacial score (nSPS) is 13.7. The maximum absolute atomic E-state index is 13.2. The van der Waals surface area contributed by atoms with Crippen LogP contribution in [0.4, 0.5) is 11.6 Å². The highest BCUT2D eigenvalue weighted by atomic mass is 16.5. The van der Waals surface area contributed by atoms with E-state index in [0.29, 0.717) is 30.9 Å². The molecule has 0 N–H and O–H groups in total. The van der Waals surface area contributed by atoms with E-state index in [9.17, 15) is 9.59 Å². The minimum Gasteiger partial charge on any atom is -0.380 e. The van der Waals surface area contributed by atoms with Crippen LogP contribution >= 0.6 is 0 Å². The monoisotopic (exact) mass is 425 g/mol. The van der Waals surface area contributed by atoms with Crippen LogP contribution in [0.15, 0.2) is 33.9 Å². The summed E-state index contributed by atoms with van der Waals surface area (Å²) in [5.74, 6) is 0.720. The summed E-state index contributed by atoms with van der Waals surface area (Å²) in [4.78, 5) is 32.9. The summed E-state index contributed by atoms with van der Waals surface area (Å²) < 4.78 is 10.1. The van der Waals surface area contributed by atoms with Crippen molar-refractivity contribution in [2.45, 2.75) is 52.6 Å². The van der Waals surface area contributed by atoms with Crippen molar-refractivity contribution < 1.29 is 4.74 Å². The fraction of sp³-hybridized carbons (Fsp3) is 0.522. The summed E-state index contributed by atoms with van der Waals surface area (Å²) in [6.07, 6.45) is 4.34. The molecule has 0 bridgehead atoms. The fourth-order valence-electron chi connectivity index (χ4n) is 4.23. The summed E-state index contributed by atoms with van der Waals surface area (Å²) in [5.41, 5.74) is 2.64. The van der Waals surface area contributed by atoms with Gasteiger partial charge in [0.05, 0.1) is 13.2 Å². The van der Waals surface area contributed by atoms with E-state index < -0.39 is 0 Å². The highest BCUT2D eigenvalue weighted by Crippen LogP contribution is 2.31. The van der Waals surface area contributed by atoms with E-state index in [0.717, 1.165) is 31.0 Å². The van der Waals surface area contributed by atoms with Crippen molar-refractivity contribution in [1.82, 2.24) is 18.7 Å². The van der Waals surface area contributed by atoms with E-state index in [1.54, 1.807) is 7.05 Å². The van der Waals surface area contributed by atoms with E-state index in [1.165, 1.54) is 27.5 Å². The van der Waals surface area contributed by atoms with E-state index in [1.807, 2.05) is 11.5 Å². The Hall–Kier alpha value is -2.87. The van der Waals surface area contributed by atoms with E-state index in [2.05, 4.69) is 36.1 Å². The Balaban J connectivity index is 1.77. The standard InChI is InChI=1S/C23H31N5O3/c1-4-6-8-17-9-11-18(12-10-17)26-13-7-14-27-19-20(24-22(26)27)25(3)23(30)28(21(19)29)15-16-31-5-2/h9-12H,4-8,13-16H2,1-3H3. The Kier molecular flexibility index (Phi) is 6.27. The lowest BCUT2D eigenvalue weighted by Crippen LogP contribution is -2.40. The molecule has 3 heterocycles. The molecule has 0 atom stereocenters. The van der Waals surface area contributed by atoms with Crippen LogP contribution in [0.3, 0.4) is 0 Å². The first kappa shape index (κ1) is 21.4. The molecule has 3 aromatic rings. The number of aryl methyl sites for hydroxylation is 3. The number of anilines is 2. The first-order valence-electron chi connectivity index (χ1n) is 11.2. The molecule has 0 aliphatic carbocycles. The minimum atomic E-state index is -0.362. The molecule has 0 saturated carbocycles. The van der Waals surface area contributed by atoms with Crippen LogP contribution in [0.2, 0.25) is 0 Å². The Morgan fingerprint density at radius 2 is 1.87 bits per heavy atom. The Morgan fingerprint density at radius 1 is 1.10 bits per heavy atom. The summed E-state index contributed by atoms with van der Waals surface area (Å²) in [5, 5.41) is 0. The second-order valence-corrected chi connectivity index (χ2v) is 8.01. The molecule has 1 aromatic carbocycles. The molecule has 0 radical (unpaired) electrons.